The number of carbonyl (C=O) groups excluding carboxylic acids is 1. The Morgan fingerprint density at radius 1 is 1.04 bits per heavy atom. The molecule has 24 heavy (non-hydrogen) atoms. The van der Waals surface area contributed by atoms with E-state index in [4.69, 9.17) is 9.84 Å². The molecule has 0 amide bonds. The molecule has 0 aliphatic carbocycles. The molecule has 0 unspecified atom stereocenters. The fourth-order valence-electron chi connectivity index (χ4n) is 2.62. The van der Waals surface area contributed by atoms with E-state index in [2.05, 4.69) is 46.8 Å². The van der Waals surface area contributed by atoms with Crippen LogP contribution in [0.2, 0.25) is 0 Å². The first kappa shape index (κ1) is 18.2. The number of hydrogen-bond acceptors (Lipinski definition) is 3. The van der Waals surface area contributed by atoms with Crippen molar-refractivity contribution in [2.75, 3.05) is 0 Å². The Morgan fingerprint density at radius 2 is 1.58 bits per heavy atom. The number of aryl methyl sites for hydroxylation is 2. The molecule has 3 nitrogen and oxygen atoms in total. The van der Waals surface area contributed by atoms with Gasteiger partial charge in [0.25, 0.3) is 0 Å². The van der Waals surface area contributed by atoms with Gasteiger partial charge >= 0.3 is 5.97 Å². The molecule has 1 N–H and O–H groups in total. The van der Waals surface area contributed by atoms with Crippen LogP contribution in [0.25, 0.3) is 0 Å². The second-order valence-electron chi connectivity index (χ2n) is 7.27. The van der Waals surface area contributed by atoms with E-state index < -0.39 is 0 Å². The van der Waals surface area contributed by atoms with E-state index in [9.17, 15) is 4.79 Å². The number of rotatable bonds is 4. The minimum absolute atomic E-state index is 0.0339. The zero-order chi connectivity index (χ0) is 17.9. The van der Waals surface area contributed by atoms with Gasteiger partial charge in [0.2, 0.25) is 0 Å². The molecule has 0 aliphatic heterocycles. The summed E-state index contributed by atoms with van der Waals surface area (Å²) >= 11 is 0. The van der Waals surface area contributed by atoms with E-state index in [0.717, 1.165) is 22.3 Å². The van der Waals surface area contributed by atoms with Crippen LogP contribution >= 0.6 is 0 Å². The summed E-state index contributed by atoms with van der Waals surface area (Å²) in [4.78, 5) is 12.2. The Balaban J connectivity index is 2.12. The molecule has 0 saturated heterocycles. The lowest BCUT2D eigenvalue weighted by atomic mass is 9.84. The van der Waals surface area contributed by atoms with E-state index in [-0.39, 0.29) is 24.6 Å². The Labute approximate surface area is 144 Å². The highest BCUT2D eigenvalue weighted by Gasteiger charge is 2.17. The summed E-state index contributed by atoms with van der Waals surface area (Å²) in [5.41, 5.74) is 5.99. The van der Waals surface area contributed by atoms with Gasteiger partial charge in [0.15, 0.2) is 0 Å². The lowest BCUT2D eigenvalue weighted by Gasteiger charge is -2.22. The Morgan fingerprint density at radius 3 is 2.04 bits per heavy atom. The van der Waals surface area contributed by atoms with Crippen molar-refractivity contribution in [3.05, 3.63) is 69.8 Å². The molecule has 128 valence electrons. The van der Waals surface area contributed by atoms with Crippen molar-refractivity contribution in [1.29, 1.82) is 0 Å². The molecule has 0 radical (unpaired) electrons. The highest BCUT2D eigenvalue weighted by Crippen LogP contribution is 2.27. The summed E-state index contributed by atoms with van der Waals surface area (Å²) in [5.74, 6) is -0.349. The fraction of sp³-hybridized carbons (Fsp3) is 0.381. The molecule has 2 aromatic rings. The maximum atomic E-state index is 12.2. The van der Waals surface area contributed by atoms with Gasteiger partial charge in [0, 0.05) is 0 Å². The van der Waals surface area contributed by atoms with Crippen LogP contribution in [0.3, 0.4) is 0 Å². The monoisotopic (exact) mass is 326 g/mol. The molecule has 0 bridgehead atoms. The van der Waals surface area contributed by atoms with Crippen LogP contribution < -0.4 is 0 Å². The SMILES string of the molecule is Cc1cc(C(C)(C)C)cc(C)c1COC(=O)c1ccc(CO)cc1. The summed E-state index contributed by atoms with van der Waals surface area (Å²) in [7, 11) is 0. The quantitative estimate of drug-likeness (QED) is 0.844. The number of ether oxygens (including phenoxy) is 1. The molecule has 3 heteroatoms. The average Bonchev–Trinajstić information content (AvgIpc) is 2.53. The first-order valence-corrected chi connectivity index (χ1v) is 8.20. The third-order valence-electron chi connectivity index (χ3n) is 4.28. The zero-order valence-electron chi connectivity index (χ0n) is 15.1. The molecule has 0 spiro atoms. The second kappa shape index (κ2) is 7.18. The number of carbonyl (C=O) groups is 1. The van der Waals surface area contributed by atoms with Crippen LogP contribution in [0, 0.1) is 13.8 Å². The number of aliphatic hydroxyl groups excluding tert-OH is 1. The van der Waals surface area contributed by atoms with Crippen LogP contribution in [0.15, 0.2) is 36.4 Å². The van der Waals surface area contributed by atoms with E-state index in [1.165, 1.54) is 5.56 Å². The number of benzene rings is 2. The maximum absolute atomic E-state index is 12.2. The normalized spacial score (nSPS) is 11.4. The van der Waals surface area contributed by atoms with Crippen molar-refractivity contribution in [1.82, 2.24) is 0 Å². The molecule has 0 heterocycles. The molecule has 0 aromatic heterocycles. The lowest BCUT2D eigenvalue weighted by molar-refractivity contribution is 0.0471. The lowest BCUT2D eigenvalue weighted by Crippen LogP contribution is -2.13. The van der Waals surface area contributed by atoms with E-state index in [0.29, 0.717) is 5.56 Å². The van der Waals surface area contributed by atoms with Crippen molar-refractivity contribution >= 4 is 5.97 Å². The molecule has 0 fully saturated rings. The van der Waals surface area contributed by atoms with E-state index in [1.54, 1.807) is 24.3 Å². The van der Waals surface area contributed by atoms with Gasteiger partial charge in [-0.05, 0) is 59.2 Å². The van der Waals surface area contributed by atoms with Crippen LogP contribution in [-0.4, -0.2) is 11.1 Å². The fourth-order valence-corrected chi connectivity index (χ4v) is 2.62. The van der Waals surface area contributed by atoms with Crippen molar-refractivity contribution in [3.8, 4) is 0 Å². The van der Waals surface area contributed by atoms with Gasteiger partial charge < -0.3 is 9.84 Å². The first-order valence-electron chi connectivity index (χ1n) is 8.20. The highest BCUT2D eigenvalue weighted by molar-refractivity contribution is 5.89. The summed E-state index contributed by atoms with van der Waals surface area (Å²) < 4.78 is 5.47. The smallest absolute Gasteiger partial charge is 0.338 e. The standard InChI is InChI=1S/C21H26O3/c1-14-10-18(21(3,4)5)11-15(2)19(14)13-24-20(23)17-8-6-16(12-22)7-9-17/h6-11,22H,12-13H2,1-5H3. The Bertz CT molecular complexity index is 699. The van der Waals surface area contributed by atoms with Crippen LogP contribution in [0.5, 0.6) is 0 Å². The topological polar surface area (TPSA) is 46.5 Å². The highest BCUT2D eigenvalue weighted by atomic mass is 16.5. The van der Waals surface area contributed by atoms with Gasteiger partial charge in [-0.25, -0.2) is 4.79 Å². The van der Waals surface area contributed by atoms with Crippen molar-refractivity contribution in [2.45, 2.75) is 53.2 Å². The molecule has 2 rings (SSSR count). The van der Waals surface area contributed by atoms with Gasteiger partial charge in [0.05, 0.1) is 12.2 Å². The Kier molecular flexibility index (Phi) is 5.45. The predicted molar refractivity (Wildman–Crippen MR) is 96.1 cm³/mol. The molecule has 0 atom stereocenters. The number of aliphatic hydroxyl groups is 1. The molecular formula is C21H26O3. The maximum Gasteiger partial charge on any atom is 0.338 e. The molecule has 0 aliphatic rings. The summed E-state index contributed by atoms with van der Waals surface area (Å²) in [6.07, 6.45) is 0. The van der Waals surface area contributed by atoms with Gasteiger partial charge in [-0.2, -0.15) is 0 Å². The zero-order valence-corrected chi connectivity index (χ0v) is 15.1. The largest absolute Gasteiger partial charge is 0.457 e. The van der Waals surface area contributed by atoms with Gasteiger partial charge in [-0.3, -0.25) is 0 Å². The summed E-state index contributed by atoms with van der Waals surface area (Å²) in [6.45, 7) is 10.9. The average molecular weight is 326 g/mol. The van der Waals surface area contributed by atoms with Crippen molar-refractivity contribution in [3.63, 3.8) is 0 Å². The third kappa shape index (κ3) is 4.24. The van der Waals surface area contributed by atoms with Crippen molar-refractivity contribution < 1.29 is 14.6 Å². The number of hydrogen-bond donors (Lipinski definition) is 1. The summed E-state index contributed by atoms with van der Waals surface area (Å²) in [6, 6.07) is 11.2. The Hall–Kier alpha value is -2.13. The molecule has 0 saturated carbocycles. The first-order chi connectivity index (χ1) is 11.2. The van der Waals surface area contributed by atoms with Gasteiger partial charge in [-0.1, -0.05) is 45.0 Å². The predicted octanol–water partition coefficient (Wildman–Crippen LogP) is 4.45. The minimum atomic E-state index is -0.349. The summed E-state index contributed by atoms with van der Waals surface area (Å²) in [5, 5.41) is 9.04. The minimum Gasteiger partial charge on any atom is -0.457 e. The molecular weight excluding hydrogens is 300 g/mol. The van der Waals surface area contributed by atoms with Crippen LogP contribution in [0.4, 0.5) is 0 Å². The van der Waals surface area contributed by atoms with Crippen LogP contribution in [-0.2, 0) is 23.4 Å². The van der Waals surface area contributed by atoms with Gasteiger partial charge in [-0.15, -0.1) is 0 Å². The van der Waals surface area contributed by atoms with E-state index >= 15 is 0 Å². The van der Waals surface area contributed by atoms with E-state index in [1.807, 2.05) is 0 Å². The third-order valence-corrected chi connectivity index (χ3v) is 4.28. The second-order valence-corrected chi connectivity index (χ2v) is 7.27. The van der Waals surface area contributed by atoms with Gasteiger partial charge in [0.1, 0.15) is 6.61 Å². The number of esters is 1. The van der Waals surface area contributed by atoms with Crippen LogP contribution in [0.1, 0.15) is 58.9 Å². The molecule has 2 aromatic carbocycles. The van der Waals surface area contributed by atoms with Crippen molar-refractivity contribution in [2.24, 2.45) is 0 Å².